The fraction of sp³-hybridized carbons (Fsp3) is 0.375. The second-order valence-corrected chi connectivity index (χ2v) is 9.94. The first-order valence-corrected chi connectivity index (χ1v) is 11.9. The molecule has 10 heteroatoms. The lowest BCUT2D eigenvalue weighted by Gasteiger charge is -2.25. The molecule has 4 aromatic rings. The number of pyridine rings is 1. The molecular formula is C24H23Cl2N5O3. The van der Waals surface area contributed by atoms with E-state index in [1.807, 2.05) is 48.9 Å². The number of aromatic nitrogens is 4. The number of ether oxygens (including phenoxy) is 3. The van der Waals surface area contributed by atoms with Crippen LogP contribution in [0.15, 0.2) is 42.9 Å². The molecule has 2 fully saturated rings. The average molecular weight is 500 g/mol. The molecule has 176 valence electrons. The fourth-order valence-electron chi connectivity index (χ4n) is 4.93. The highest BCUT2D eigenvalue weighted by Gasteiger charge is 2.55. The van der Waals surface area contributed by atoms with Gasteiger partial charge in [0, 0.05) is 11.6 Å². The first-order chi connectivity index (χ1) is 16.3. The minimum atomic E-state index is -0.700. The Hall–Kier alpha value is -2.49. The standard InChI is InChI=1S/C24H23Cl2N5O3/c1-24(2)33-18-17(6-4-12-3-5-13-10-15(25)21(27)30-16(13)9-12)32-23(19(18)34-24)31-8-7-14-20(26)28-11-29-22(14)31/h3,5,7-11,17-19,23H,4,6H2,1-2H3,(H2,27,30)/t17-,18-,19-,23-/m1/s1. The molecule has 0 aliphatic carbocycles. The molecule has 0 bridgehead atoms. The molecule has 1 aromatic carbocycles. The van der Waals surface area contributed by atoms with E-state index in [9.17, 15) is 0 Å². The van der Waals surface area contributed by atoms with Crippen LogP contribution in [0.1, 0.15) is 32.1 Å². The molecule has 4 atom stereocenters. The topological polar surface area (TPSA) is 97.3 Å². The van der Waals surface area contributed by atoms with Gasteiger partial charge in [-0.05, 0) is 50.5 Å². The second kappa shape index (κ2) is 8.03. The SMILES string of the molecule is CC1(C)O[C@@H]2[C@H](O1)[C@@H](CCc1ccc3cc(Cl)c(N)nc3c1)O[C@H]2n1ccc2c(Cl)ncnc21. The Labute approximate surface area is 205 Å². The molecule has 0 spiro atoms. The van der Waals surface area contributed by atoms with Crippen LogP contribution in [0.5, 0.6) is 0 Å². The number of anilines is 1. The van der Waals surface area contributed by atoms with Crippen molar-refractivity contribution in [2.45, 2.75) is 57.0 Å². The monoisotopic (exact) mass is 499 g/mol. The van der Waals surface area contributed by atoms with Crippen LogP contribution in [-0.4, -0.2) is 43.6 Å². The summed E-state index contributed by atoms with van der Waals surface area (Å²) in [5.74, 6) is -0.368. The Morgan fingerprint density at radius 2 is 1.91 bits per heavy atom. The van der Waals surface area contributed by atoms with E-state index in [-0.39, 0.29) is 24.5 Å². The number of hydrogen-bond acceptors (Lipinski definition) is 7. The summed E-state index contributed by atoms with van der Waals surface area (Å²) >= 11 is 12.4. The van der Waals surface area contributed by atoms with Crippen molar-refractivity contribution in [1.82, 2.24) is 19.5 Å². The largest absolute Gasteiger partial charge is 0.382 e. The first kappa shape index (κ1) is 22.0. The molecule has 0 radical (unpaired) electrons. The lowest BCUT2D eigenvalue weighted by atomic mass is 10.0. The molecule has 0 unspecified atom stereocenters. The van der Waals surface area contributed by atoms with E-state index in [0.29, 0.717) is 21.6 Å². The van der Waals surface area contributed by atoms with Crippen molar-refractivity contribution >= 4 is 51.0 Å². The Kier molecular flexibility index (Phi) is 5.20. The van der Waals surface area contributed by atoms with Crippen LogP contribution < -0.4 is 5.73 Å². The maximum atomic E-state index is 6.51. The van der Waals surface area contributed by atoms with Gasteiger partial charge in [-0.2, -0.15) is 0 Å². The predicted octanol–water partition coefficient (Wildman–Crippen LogP) is 4.92. The molecule has 2 saturated heterocycles. The minimum Gasteiger partial charge on any atom is -0.382 e. The maximum absolute atomic E-state index is 6.51. The van der Waals surface area contributed by atoms with E-state index in [1.165, 1.54) is 6.33 Å². The quantitative estimate of drug-likeness (QED) is 0.398. The number of rotatable bonds is 4. The van der Waals surface area contributed by atoms with E-state index in [1.54, 1.807) is 0 Å². The summed E-state index contributed by atoms with van der Waals surface area (Å²) in [6, 6.07) is 9.86. The number of nitrogens with zero attached hydrogens (tertiary/aromatic N) is 4. The zero-order valence-electron chi connectivity index (χ0n) is 18.6. The smallest absolute Gasteiger partial charge is 0.164 e. The summed E-state index contributed by atoms with van der Waals surface area (Å²) in [7, 11) is 0. The Balaban J connectivity index is 1.27. The molecule has 8 nitrogen and oxygen atoms in total. The minimum absolute atomic E-state index is 0.162. The average Bonchev–Trinajstić information content (AvgIpc) is 3.45. The van der Waals surface area contributed by atoms with Crippen molar-refractivity contribution in [1.29, 1.82) is 0 Å². The highest BCUT2D eigenvalue weighted by atomic mass is 35.5. The third kappa shape index (κ3) is 3.70. The molecule has 2 aliphatic heterocycles. The number of halogens is 2. The van der Waals surface area contributed by atoms with E-state index in [4.69, 9.17) is 43.1 Å². The normalized spacial score (nSPS) is 25.9. The third-order valence-corrected chi connectivity index (χ3v) is 7.04. The Bertz CT molecular complexity index is 1410. The highest BCUT2D eigenvalue weighted by molar-refractivity contribution is 6.34. The lowest BCUT2D eigenvalue weighted by Crippen LogP contribution is -2.29. The van der Waals surface area contributed by atoms with Gasteiger partial charge >= 0.3 is 0 Å². The van der Waals surface area contributed by atoms with Gasteiger partial charge in [0.05, 0.1) is 22.0 Å². The summed E-state index contributed by atoms with van der Waals surface area (Å²) in [5, 5.41) is 2.59. The van der Waals surface area contributed by atoms with Crippen LogP contribution in [0.4, 0.5) is 5.82 Å². The number of benzene rings is 1. The van der Waals surface area contributed by atoms with Crippen molar-refractivity contribution in [3.05, 3.63) is 58.6 Å². The van der Waals surface area contributed by atoms with Gasteiger partial charge in [0.25, 0.3) is 0 Å². The molecule has 2 aliphatic rings. The molecule has 5 heterocycles. The zero-order valence-corrected chi connectivity index (χ0v) is 20.1. The van der Waals surface area contributed by atoms with Gasteiger partial charge in [-0.25, -0.2) is 15.0 Å². The van der Waals surface area contributed by atoms with E-state index < -0.39 is 5.79 Å². The number of nitrogens with two attached hydrogens (primary N) is 1. The molecule has 0 amide bonds. The summed E-state index contributed by atoms with van der Waals surface area (Å²) in [6.45, 7) is 3.85. The molecule has 2 N–H and O–H groups in total. The molecule has 34 heavy (non-hydrogen) atoms. The number of hydrogen-bond donors (Lipinski definition) is 1. The number of fused-ring (bicyclic) bond motifs is 3. The van der Waals surface area contributed by atoms with E-state index in [2.05, 4.69) is 21.0 Å². The third-order valence-electron chi connectivity index (χ3n) is 6.44. The second-order valence-electron chi connectivity index (χ2n) is 9.18. The van der Waals surface area contributed by atoms with E-state index >= 15 is 0 Å². The van der Waals surface area contributed by atoms with Crippen molar-refractivity contribution in [2.75, 3.05) is 5.73 Å². The van der Waals surface area contributed by atoms with Gasteiger partial charge in [-0.15, -0.1) is 0 Å². The van der Waals surface area contributed by atoms with Gasteiger partial charge in [0.15, 0.2) is 12.0 Å². The zero-order chi connectivity index (χ0) is 23.6. The van der Waals surface area contributed by atoms with Crippen LogP contribution in [0.2, 0.25) is 10.2 Å². The molecular weight excluding hydrogens is 477 g/mol. The van der Waals surface area contributed by atoms with Crippen LogP contribution in [0.25, 0.3) is 21.9 Å². The summed E-state index contributed by atoms with van der Waals surface area (Å²) in [6.07, 6.45) is 3.87. The Morgan fingerprint density at radius 3 is 2.76 bits per heavy atom. The highest BCUT2D eigenvalue weighted by Crippen LogP contribution is 2.45. The first-order valence-electron chi connectivity index (χ1n) is 11.1. The molecule has 6 rings (SSSR count). The van der Waals surface area contributed by atoms with Crippen molar-refractivity contribution in [3.8, 4) is 0 Å². The van der Waals surface area contributed by atoms with Crippen LogP contribution in [0.3, 0.4) is 0 Å². The molecule has 0 saturated carbocycles. The van der Waals surface area contributed by atoms with Gasteiger partial charge in [0.1, 0.15) is 35.2 Å². The molecule has 3 aromatic heterocycles. The van der Waals surface area contributed by atoms with Crippen LogP contribution in [0, 0.1) is 0 Å². The van der Waals surface area contributed by atoms with Crippen molar-refractivity contribution < 1.29 is 14.2 Å². The summed E-state index contributed by atoms with van der Waals surface area (Å²) < 4.78 is 21.0. The van der Waals surface area contributed by atoms with E-state index in [0.717, 1.165) is 34.7 Å². The number of aryl methyl sites for hydroxylation is 1. The Morgan fingerprint density at radius 1 is 1.09 bits per heavy atom. The maximum Gasteiger partial charge on any atom is 0.164 e. The van der Waals surface area contributed by atoms with Crippen molar-refractivity contribution in [2.24, 2.45) is 0 Å². The lowest BCUT2D eigenvalue weighted by molar-refractivity contribution is -0.196. The predicted molar refractivity (Wildman–Crippen MR) is 130 cm³/mol. The van der Waals surface area contributed by atoms with Gasteiger partial charge in [-0.3, -0.25) is 0 Å². The van der Waals surface area contributed by atoms with Gasteiger partial charge in [0.2, 0.25) is 0 Å². The van der Waals surface area contributed by atoms with Gasteiger partial charge in [-0.1, -0.05) is 35.3 Å². The summed E-state index contributed by atoms with van der Waals surface area (Å²) in [4.78, 5) is 12.9. The number of nitrogen functional groups attached to an aromatic ring is 1. The van der Waals surface area contributed by atoms with Crippen LogP contribution >= 0.6 is 23.2 Å². The van der Waals surface area contributed by atoms with Crippen LogP contribution in [-0.2, 0) is 20.6 Å². The van der Waals surface area contributed by atoms with Crippen molar-refractivity contribution in [3.63, 3.8) is 0 Å². The fourth-order valence-corrected chi connectivity index (χ4v) is 5.28. The summed E-state index contributed by atoms with van der Waals surface area (Å²) in [5.41, 5.74) is 8.55. The van der Waals surface area contributed by atoms with Gasteiger partial charge < -0.3 is 24.5 Å².